The quantitative estimate of drug-likeness (QED) is 0.246. The smallest absolute Gasteiger partial charge is 0.319 e. The molecule has 0 saturated heterocycles. The van der Waals surface area contributed by atoms with Gasteiger partial charge in [-0.3, -0.25) is 14.5 Å². The van der Waals surface area contributed by atoms with Crippen LogP contribution in [0.15, 0.2) is 54.9 Å². The summed E-state index contributed by atoms with van der Waals surface area (Å²) in [5.74, 6) is -1.62. The highest BCUT2D eigenvalue weighted by Crippen LogP contribution is 2.41. The molecular weight excluding hydrogens is 572 g/mol. The average molecular weight is 598 g/mol. The van der Waals surface area contributed by atoms with Crippen molar-refractivity contribution in [3.63, 3.8) is 0 Å². The molecule has 0 bridgehead atoms. The van der Waals surface area contributed by atoms with Crippen LogP contribution in [0.1, 0.15) is 53.8 Å². The first-order valence-electron chi connectivity index (χ1n) is 12.7. The molecule has 9 nitrogen and oxygen atoms in total. The molecule has 2 atom stereocenters. The Labute approximate surface area is 245 Å². The standard InChI is InChI=1S/C29H26Cl2FN5O4/c1-5-15(2)22-10-16(14-36(22)24-13-33-29(41-4)35-27(24)40-3)28(39)37(23-12-18(31)7-9-20(23)32)25-19-8-6-17(30)11-21(19)34-26(25)38/h6-15,25H,5H2,1-4H3,(H,34,38). The topological polar surface area (TPSA) is 98.6 Å². The number of aromatic nitrogens is 3. The molecule has 12 heteroatoms. The zero-order chi connectivity index (χ0) is 29.4. The van der Waals surface area contributed by atoms with Gasteiger partial charge in [-0.25, -0.2) is 9.37 Å². The summed E-state index contributed by atoms with van der Waals surface area (Å²) in [6.07, 6.45) is 3.88. The van der Waals surface area contributed by atoms with Crippen molar-refractivity contribution in [3.05, 3.63) is 87.5 Å². The Bertz CT molecular complexity index is 1660. The lowest BCUT2D eigenvalue weighted by Crippen LogP contribution is -2.39. The second-order valence-electron chi connectivity index (χ2n) is 9.48. The van der Waals surface area contributed by atoms with E-state index in [9.17, 15) is 9.59 Å². The van der Waals surface area contributed by atoms with Crippen LogP contribution >= 0.6 is 23.2 Å². The second-order valence-corrected chi connectivity index (χ2v) is 10.4. The zero-order valence-electron chi connectivity index (χ0n) is 22.6. The van der Waals surface area contributed by atoms with E-state index in [1.165, 1.54) is 32.5 Å². The van der Waals surface area contributed by atoms with Gasteiger partial charge in [-0.1, -0.05) is 43.1 Å². The fourth-order valence-electron chi connectivity index (χ4n) is 4.80. The lowest BCUT2D eigenvalue weighted by molar-refractivity contribution is -0.116. The predicted molar refractivity (Wildman–Crippen MR) is 154 cm³/mol. The number of nitrogens with zero attached hydrogens (tertiary/aromatic N) is 4. The summed E-state index contributed by atoms with van der Waals surface area (Å²) < 4.78 is 27.7. The van der Waals surface area contributed by atoms with E-state index >= 15 is 4.39 Å². The highest BCUT2D eigenvalue weighted by Gasteiger charge is 2.41. The Kier molecular flexibility index (Phi) is 7.88. The second kappa shape index (κ2) is 11.4. The number of anilines is 2. The van der Waals surface area contributed by atoms with E-state index in [-0.39, 0.29) is 34.1 Å². The van der Waals surface area contributed by atoms with Crippen LogP contribution < -0.4 is 19.7 Å². The molecule has 2 amide bonds. The van der Waals surface area contributed by atoms with E-state index in [4.69, 9.17) is 32.7 Å². The van der Waals surface area contributed by atoms with Gasteiger partial charge in [0.2, 0.25) is 5.88 Å². The summed E-state index contributed by atoms with van der Waals surface area (Å²) in [4.78, 5) is 37.3. The van der Waals surface area contributed by atoms with Crippen LogP contribution in [-0.2, 0) is 4.79 Å². The molecular formula is C29H26Cl2FN5O4. The molecule has 4 aromatic rings. The molecule has 0 aliphatic carbocycles. The Morgan fingerprint density at radius 2 is 1.88 bits per heavy atom. The number of nitrogens with one attached hydrogen (secondary N) is 1. The molecule has 0 spiro atoms. The van der Waals surface area contributed by atoms with Gasteiger partial charge in [0.1, 0.15) is 17.5 Å². The Morgan fingerprint density at radius 1 is 1.15 bits per heavy atom. The van der Waals surface area contributed by atoms with Crippen molar-refractivity contribution >= 4 is 46.4 Å². The van der Waals surface area contributed by atoms with Crippen LogP contribution in [0, 0.1) is 5.82 Å². The molecule has 0 radical (unpaired) electrons. The van der Waals surface area contributed by atoms with Gasteiger partial charge in [0.05, 0.1) is 31.7 Å². The summed E-state index contributed by atoms with van der Waals surface area (Å²) >= 11 is 12.4. The van der Waals surface area contributed by atoms with Crippen molar-refractivity contribution < 1.29 is 23.5 Å². The van der Waals surface area contributed by atoms with E-state index < -0.39 is 23.7 Å². The van der Waals surface area contributed by atoms with Crippen molar-refractivity contribution in [2.75, 3.05) is 24.4 Å². The van der Waals surface area contributed by atoms with Crippen LogP contribution in [0.4, 0.5) is 15.8 Å². The van der Waals surface area contributed by atoms with Crippen molar-refractivity contribution in [1.29, 1.82) is 0 Å². The van der Waals surface area contributed by atoms with Crippen LogP contribution in [0.25, 0.3) is 5.69 Å². The lowest BCUT2D eigenvalue weighted by Gasteiger charge is -2.28. The monoisotopic (exact) mass is 597 g/mol. The third-order valence-corrected chi connectivity index (χ3v) is 7.49. The summed E-state index contributed by atoms with van der Waals surface area (Å²) in [7, 11) is 2.91. The fourth-order valence-corrected chi connectivity index (χ4v) is 5.14. The molecule has 1 N–H and O–H groups in total. The molecule has 0 saturated carbocycles. The maximum atomic E-state index is 15.4. The normalized spacial score (nSPS) is 14.8. The first-order chi connectivity index (χ1) is 19.7. The van der Waals surface area contributed by atoms with Crippen molar-refractivity contribution in [3.8, 4) is 17.6 Å². The molecule has 1 aliphatic rings. The minimum atomic E-state index is -1.18. The van der Waals surface area contributed by atoms with Crippen molar-refractivity contribution in [2.24, 2.45) is 0 Å². The van der Waals surface area contributed by atoms with Gasteiger partial charge in [0, 0.05) is 33.2 Å². The Morgan fingerprint density at radius 3 is 2.59 bits per heavy atom. The summed E-state index contributed by atoms with van der Waals surface area (Å²) in [6.45, 7) is 4.03. The van der Waals surface area contributed by atoms with Gasteiger partial charge in [-0.05, 0) is 48.7 Å². The van der Waals surface area contributed by atoms with Gasteiger partial charge < -0.3 is 19.4 Å². The zero-order valence-corrected chi connectivity index (χ0v) is 24.1. The van der Waals surface area contributed by atoms with Gasteiger partial charge in [0.15, 0.2) is 0 Å². The van der Waals surface area contributed by atoms with E-state index in [0.29, 0.717) is 22.0 Å². The van der Waals surface area contributed by atoms with Crippen LogP contribution in [-0.4, -0.2) is 40.6 Å². The predicted octanol–water partition coefficient (Wildman–Crippen LogP) is 6.58. The molecule has 0 fully saturated rings. The molecule has 2 aromatic heterocycles. The molecule has 1 aliphatic heterocycles. The maximum Gasteiger partial charge on any atom is 0.319 e. The first kappa shape index (κ1) is 28.4. The minimum absolute atomic E-state index is 0.00244. The minimum Gasteiger partial charge on any atom is -0.479 e. The van der Waals surface area contributed by atoms with E-state index in [1.54, 1.807) is 35.0 Å². The fraction of sp³-hybridized carbons (Fsp3) is 0.241. The van der Waals surface area contributed by atoms with E-state index in [2.05, 4.69) is 15.3 Å². The van der Waals surface area contributed by atoms with Gasteiger partial charge in [0.25, 0.3) is 11.8 Å². The number of hydrogen-bond acceptors (Lipinski definition) is 6. The number of carbonyl (C=O) groups is 2. The number of rotatable bonds is 8. The summed E-state index contributed by atoms with van der Waals surface area (Å²) in [5.41, 5.74) is 2.20. The Hall–Kier alpha value is -4.15. The molecule has 212 valence electrons. The maximum absolute atomic E-state index is 15.4. The van der Waals surface area contributed by atoms with E-state index in [1.807, 2.05) is 13.8 Å². The number of ether oxygens (including phenoxy) is 2. The Balaban J connectivity index is 1.69. The van der Waals surface area contributed by atoms with Gasteiger partial charge >= 0.3 is 6.01 Å². The summed E-state index contributed by atoms with van der Waals surface area (Å²) in [5, 5.41) is 3.36. The highest BCUT2D eigenvalue weighted by molar-refractivity contribution is 6.31. The lowest BCUT2D eigenvalue weighted by atomic mass is 10.0. The average Bonchev–Trinajstić information content (AvgIpc) is 3.55. The van der Waals surface area contributed by atoms with Crippen molar-refractivity contribution in [1.82, 2.24) is 14.5 Å². The SMILES string of the molecule is CCC(C)c1cc(C(=O)N(c2cc(Cl)ccc2F)C2C(=O)Nc3cc(Cl)ccc32)cn1-c1cnc(OC)nc1OC. The number of halogens is 3. The number of hydrogen-bond donors (Lipinski definition) is 1. The van der Waals surface area contributed by atoms with Gasteiger partial charge in [-0.15, -0.1) is 0 Å². The molecule has 2 aromatic carbocycles. The van der Waals surface area contributed by atoms with Crippen LogP contribution in [0.2, 0.25) is 10.0 Å². The third-order valence-electron chi connectivity index (χ3n) is 7.02. The van der Waals surface area contributed by atoms with Gasteiger partial charge in [-0.2, -0.15) is 4.98 Å². The number of carbonyl (C=O) groups excluding carboxylic acids is 2. The summed E-state index contributed by atoms with van der Waals surface area (Å²) in [6, 6.07) is 9.33. The molecule has 41 heavy (non-hydrogen) atoms. The molecule has 3 heterocycles. The molecule has 2 unspecified atom stereocenters. The number of benzene rings is 2. The van der Waals surface area contributed by atoms with Crippen molar-refractivity contribution in [2.45, 2.75) is 32.2 Å². The van der Waals surface area contributed by atoms with Crippen LogP contribution in [0.3, 0.4) is 0 Å². The molecule has 5 rings (SSSR count). The van der Waals surface area contributed by atoms with E-state index in [0.717, 1.165) is 23.1 Å². The first-order valence-corrected chi connectivity index (χ1v) is 13.5. The van der Waals surface area contributed by atoms with Crippen LogP contribution in [0.5, 0.6) is 11.9 Å². The number of fused-ring (bicyclic) bond motifs is 1. The third kappa shape index (κ3) is 5.20. The number of amides is 2. The number of methoxy groups -OCH3 is 2. The highest BCUT2D eigenvalue weighted by atomic mass is 35.5. The largest absolute Gasteiger partial charge is 0.479 e.